The van der Waals surface area contributed by atoms with Crippen molar-refractivity contribution in [3.8, 4) is 0 Å². The lowest BCUT2D eigenvalue weighted by molar-refractivity contribution is -0.142. The molecular weight excluding hydrogens is 258 g/mol. The molecular formula is C10H15N3O2S2. The maximum atomic E-state index is 11.0. The Hall–Kier alpha value is -0.790. The number of thioether (sulfide) groups is 1. The van der Waals surface area contributed by atoms with E-state index in [2.05, 4.69) is 4.98 Å². The Bertz CT molecular complexity index is 397. The Balaban J connectivity index is 1.76. The summed E-state index contributed by atoms with van der Waals surface area (Å²) in [5.41, 5.74) is 5.54. The van der Waals surface area contributed by atoms with Gasteiger partial charge in [-0.1, -0.05) is 11.3 Å². The molecule has 1 aliphatic rings. The minimum Gasteiger partial charge on any atom is -0.480 e. The third-order valence-electron chi connectivity index (χ3n) is 2.77. The first-order chi connectivity index (χ1) is 8.16. The predicted octanol–water partition coefficient (Wildman–Crippen LogP) is 1.37. The van der Waals surface area contributed by atoms with Crippen LogP contribution in [0.15, 0.2) is 10.4 Å². The number of rotatable bonds is 5. The van der Waals surface area contributed by atoms with Crippen LogP contribution in [-0.4, -0.2) is 45.8 Å². The maximum Gasteiger partial charge on any atom is 0.320 e. The van der Waals surface area contributed by atoms with Crippen LogP contribution in [-0.2, 0) is 4.79 Å². The number of nitrogen functional groups attached to an aromatic ring is 1. The number of likely N-dealkylation sites (tertiary alicyclic amines) is 1. The molecule has 0 aliphatic carbocycles. The van der Waals surface area contributed by atoms with Gasteiger partial charge in [-0.15, -0.1) is 11.8 Å². The highest BCUT2D eigenvalue weighted by molar-refractivity contribution is 8.01. The summed E-state index contributed by atoms with van der Waals surface area (Å²) in [5, 5.41) is 9.61. The van der Waals surface area contributed by atoms with E-state index >= 15 is 0 Å². The van der Waals surface area contributed by atoms with Crippen molar-refractivity contribution in [3.05, 3.63) is 6.20 Å². The lowest BCUT2D eigenvalue weighted by atomic mass is 10.2. The van der Waals surface area contributed by atoms with Crippen LogP contribution in [0.2, 0.25) is 0 Å². The Morgan fingerprint density at radius 1 is 1.76 bits per heavy atom. The molecule has 1 fully saturated rings. The maximum absolute atomic E-state index is 11.0. The molecule has 0 amide bonds. The number of carboxylic acid groups (broad SMARTS) is 1. The van der Waals surface area contributed by atoms with Crippen molar-refractivity contribution >= 4 is 34.2 Å². The van der Waals surface area contributed by atoms with Gasteiger partial charge in [0.15, 0.2) is 5.13 Å². The fourth-order valence-electron chi connectivity index (χ4n) is 1.98. The van der Waals surface area contributed by atoms with E-state index in [-0.39, 0.29) is 6.04 Å². The third kappa shape index (κ3) is 3.34. The van der Waals surface area contributed by atoms with Gasteiger partial charge in [-0.2, -0.15) is 0 Å². The summed E-state index contributed by atoms with van der Waals surface area (Å²) in [5.74, 6) is 0.181. The second kappa shape index (κ2) is 5.70. The Morgan fingerprint density at radius 2 is 2.59 bits per heavy atom. The fourth-order valence-corrected chi connectivity index (χ4v) is 3.79. The molecule has 0 bridgehead atoms. The molecule has 0 radical (unpaired) electrons. The first kappa shape index (κ1) is 12.7. The van der Waals surface area contributed by atoms with E-state index < -0.39 is 5.97 Å². The number of carboxylic acids is 1. The first-order valence-electron chi connectivity index (χ1n) is 5.48. The zero-order valence-corrected chi connectivity index (χ0v) is 11.0. The van der Waals surface area contributed by atoms with Crippen molar-refractivity contribution in [3.63, 3.8) is 0 Å². The minimum absolute atomic E-state index is 0.290. The van der Waals surface area contributed by atoms with Gasteiger partial charge in [-0.05, 0) is 19.4 Å². The summed E-state index contributed by atoms with van der Waals surface area (Å²) in [7, 11) is 0. The van der Waals surface area contributed by atoms with Gasteiger partial charge in [0.05, 0.1) is 10.4 Å². The average Bonchev–Trinajstić information content (AvgIpc) is 2.87. The monoisotopic (exact) mass is 273 g/mol. The molecule has 2 rings (SSSR count). The van der Waals surface area contributed by atoms with E-state index in [1.54, 1.807) is 18.0 Å². The molecule has 1 aromatic heterocycles. The van der Waals surface area contributed by atoms with Crippen molar-refractivity contribution in [1.29, 1.82) is 0 Å². The lowest BCUT2D eigenvalue weighted by Gasteiger charge is -2.20. The van der Waals surface area contributed by atoms with Gasteiger partial charge in [0.1, 0.15) is 6.04 Å². The number of hydrogen-bond donors (Lipinski definition) is 2. The molecule has 94 valence electrons. The molecule has 1 aromatic rings. The lowest BCUT2D eigenvalue weighted by Crippen LogP contribution is -2.37. The topological polar surface area (TPSA) is 79.5 Å². The van der Waals surface area contributed by atoms with Crippen LogP contribution in [0.5, 0.6) is 0 Å². The molecule has 1 unspecified atom stereocenters. The number of carbonyl (C=O) groups is 1. The smallest absolute Gasteiger partial charge is 0.320 e. The Kier molecular flexibility index (Phi) is 4.25. The normalized spacial score (nSPS) is 20.8. The molecule has 1 saturated heterocycles. The van der Waals surface area contributed by atoms with Crippen molar-refractivity contribution in [2.24, 2.45) is 0 Å². The van der Waals surface area contributed by atoms with Crippen molar-refractivity contribution < 1.29 is 9.90 Å². The molecule has 0 saturated carbocycles. The van der Waals surface area contributed by atoms with Crippen LogP contribution in [0.3, 0.4) is 0 Å². The van der Waals surface area contributed by atoms with E-state index in [0.717, 1.165) is 35.9 Å². The Morgan fingerprint density at radius 3 is 3.24 bits per heavy atom. The minimum atomic E-state index is -0.700. The van der Waals surface area contributed by atoms with E-state index in [1.165, 1.54) is 11.3 Å². The highest BCUT2D eigenvalue weighted by Gasteiger charge is 2.29. The molecule has 0 aromatic carbocycles. The van der Waals surface area contributed by atoms with Crippen LogP contribution >= 0.6 is 23.1 Å². The number of aromatic nitrogens is 1. The van der Waals surface area contributed by atoms with E-state index in [1.807, 2.05) is 4.90 Å². The van der Waals surface area contributed by atoms with E-state index in [9.17, 15) is 4.79 Å². The van der Waals surface area contributed by atoms with Crippen molar-refractivity contribution in [2.45, 2.75) is 23.1 Å². The molecule has 7 heteroatoms. The highest BCUT2D eigenvalue weighted by atomic mass is 32.2. The second-order valence-electron chi connectivity index (χ2n) is 3.90. The summed E-state index contributed by atoms with van der Waals surface area (Å²) < 4.78 is 1.09. The van der Waals surface area contributed by atoms with E-state index in [4.69, 9.17) is 10.8 Å². The number of anilines is 1. The zero-order valence-electron chi connectivity index (χ0n) is 9.33. The van der Waals surface area contributed by atoms with Gasteiger partial charge in [-0.3, -0.25) is 9.69 Å². The van der Waals surface area contributed by atoms with Gasteiger partial charge < -0.3 is 10.8 Å². The molecule has 1 atom stereocenters. The van der Waals surface area contributed by atoms with Crippen molar-refractivity contribution in [2.75, 3.05) is 24.6 Å². The summed E-state index contributed by atoms with van der Waals surface area (Å²) >= 11 is 3.16. The Labute approximate surface area is 108 Å². The van der Waals surface area contributed by atoms with Crippen LogP contribution in [0.25, 0.3) is 0 Å². The van der Waals surface area contributed by atoms with Crippen LogP contribution in [0.4, 0.5) is 5.13 Å². The zero-order chi connectivity index (χ0) is 12.3. The molecule has 17 heavy (non-hydrogen) atoms. The number of thiazole rings is 1. The van der Waals surface area contributed by atoms with Crippen LogP contribution in [0.1, 0.15) is 12.8 Å². The molecule has 1 aliphatic heterocycles. The largest absolute Gasteiger partial charge is 0.480 e. The van der Waals surface area contributed by atoms with Crippen LogP contribution < -0.4 is 5.73 Å². The number of nitrogens with zero attached hydrogens (tertiary/aromatic N) is 2. The van der Waals surface area contributed by atoms with E-state index in [0.29, 0.717) is 5.13 Å². The summed E-state index contributed by atoms with van der Waals surface area (Å²) in [6, 6.07) is -0.290. The molecule has 3 N–H and O–H groups in total. The number of aliphatic carboxylic acids is 1. The summed E-state index contributed by atoms with van der Waals surface area (Å²) in [6.07, 6.45) is 3.52. The van der Waals surface area contributed by atoms with Gasteiger partial charge in [0.2, 0.25) is 0 Å². The molecule has 2 heterocycles. The molecule has 5 nitrogen and oxygen atoms in total. The average molecular weight is 273 g/mol. The quantitative estimate of drug-likeness (QED) is 0.789. The third-order valence-corrected chi connectivity index (χ3v) is 4.78. The van der Waals surface area contributed by atoms with Gasteiger partial charge in [0, 0.05) is 12.3 Å². The highest BCUT2D eigenvalue weighted by Crippen LogP contribution is 2.27. The van der Waals surface area contributed by atoms with Crippen LogP contribution in [0, 0.1) is 0 Å². The number of nitrogens with two attached hydrogens (primary N) is 1. The predicted molar refractivity (Wildman–Crippen MR) is 69.5 cm³/mol. The van der Waals surface area contributed by atoms with Gasteiger partial charge in [-0.25, -0.2) is 4.98 Å². The second-order valence-corrected chi connectivity index (χ2v) is 6.36. The SMILES string of the molecule is Nc1ncc(SCCN2CCCC2C(=O)O)s1. The fraction of sp³-hybridized carbons (Fsp3) is 0.600. The summed E-state index contributed by atoms with van der Waals surface area (Å²) in [4.78, 5) is 17.0. The first-order valence-corrected chi connectivity index (χ1v) is 7.28. The number of hydrogen-bond acceptors (Lipinski definition) is 6. The molecule has 0 spiro atoms. The summed E-state index contributed by atoms with van der Waals surface area (Å²) in [6.45, 7) is 1.70. The standard InChI is InChI=1S/C10H15N3O2S2/c11-10-12-6-8(17-10)16-5-4-13-3-1-2-7(13)9(14)15/h6-7H,1-5H2,(H2,11,12)(H,14,15). The van der Waals surface area contributed by atoms with Crippen molar-refractivity contribution in [1.82, 2.24) is 9.88 Å². The van der Waals surface area contributed by atoms with Gasteiger partial charge >= 0.3 is 5.97 Å². The van der Waals surface area contributed by atoms with Gasteiger partial charge in [0.25, 0.3) is 0 Å².